The zero-order chi connectivity index (χ0) is 15.8. The van der Waals surface area contributed by atoms with Crippen molar-refractivity contribution in [2.75, 3.05) is 11.9 Å². The van der Waals surface area contributed by atoms with Crippen molar-refractivity contribution in [2.24, 2.45) is 0 Å². The molecule has 4 rings (SSSR count). The van der Waals surface area contributed by atoms with Crippen molar-refractivity contribution in [3.05, 3.63) is 59.2 Å². The second-order valence-electron chi connectivity index (χ2n) is 6.05. The highest BCUT2D eigenvalue weighted by Crippen LogP contribution is 2.28. The average molecular weight is 322 g/mol. The molecule has 1 aromatic heterocycles. The first-order valence-electron chi connectivity index (χ1n) is 7.93. The van der Waals surface area contributed by atoms with Crippen LogP contribution >= 0.6 is 11.3 Å². The second kappa shape index (κ2) is 5.78. The molecule has 0 fully saturated rings. The van der Waals surface area contributed by atoms with Gasteiger partial charge in [-0.2, -0.15) is 0 Å². The van der Waals surface area contributed by atoms with Gasteiger partial charge in [-0.1, -0.05) is 41.7 Å². The van der Waals surface area contributed by atoms with E-state index in [9.17, 15) is 4.79 Å². The maximum atomic E-state index is 12.6. The van der Waals surface area contributed by atoms with E-state index < -0.39 is 0 Å². The molecule has 0 atom stereocenters. The SMILES string of the molecule is CN(C(=O)Cc1ccc2c(c1)CCC2)c1nc2ccccc2s1. The Hall–Kier alpha value is -2.20. The lowest BCUT2D eigenvalue weighted by atomic mass is 10.0. The number of carbonyl (C=O) groups excluding carboxylic acids is 1. The van der Waals surface area contributed by atoms with Crippen molar-refractivity contribution >= 4 is 32.6 Å². The zero-order valence-corrected chi connectivity index (χ0v) is 13.9. The van der Waals surface area contributed by atoms with Gasteiger partial charge >= 0.3 is 0 Å². The molecular formula is C19H18N2OS. The molecule has 0 spiro atoms. The summed E-state index contributed by atoms with van der Waals surface area (Å²) in [5.41, 5.74) is 4.91. The Labute approximate surface area is 139 Å². The van der Waals surface area contributed by atoms with Gasteiger partial charge in [-0.15, -0.1) is 0 Å². The normalized spacial score (nSPS) is 13.3. The third-order valence-corrected chi connectivity index (χ3v) is 5.57. The fourth-order valence-corrected chi connectivity index (χ4v) is 4.08. The minimum absolute atomic E-state index is 0.0852. The topological polar surface area (TPSA) is 33.2 Å². The number of fused-ring (bicyclic) bond motifs is 2. The Morgan fingerprint density at radius 3 is 2.87 bits per heavy atom. The fourth-order valence-electron chi connectivity index (χ4n) is 3.14. The number of hydrogen-bond donors (Lipinski definition) is 0. The minimum atomic E-state index is 0.0852. The Morgan fingerprint density at radius 1 is 1.17 bits per heavy atom. The van der Waals surface area contributed by atoms with Crippen molar-refractivity contribution in [3.63, 3.8) is 0 Å². The van der Waals surface area contributed by atoms with E-state index in [4.69, 9.17) is 0 Å². The first-order valence-corrected chi connectivity index (χ1v) is 8.75. The second-order valence-corrected chi connectivity index (χ2v) is 7.06. The zero-order valence-electron chi connectivity index (χ0n) is 13.1. The third kappa shape index (κ3) is 2.75. The molecule has 2 aromatic carbocycles. The molecule has 0 saturated heterocycles. The van der Waals surface area contributed by atoms with Crippen molar-refractivity contribution < 1.29 is 4.79 Å². The summed E-state index contributed by atoms with van der Waals surface area (Å²) in [4.78, 5) is 18.8. The quantitative estimate of drug-likeness (QED) is 0.730. The summed E-state index contributed by atoms with van der Waals surface area (Å²) in [7, 11) is 1.81. The summed E-state index contributed by atoms with van der Waals surface area (Å²) < 4.78 is 1.11. The molecule has 0 bridgehead atoms. The Kier molecular flexibility index (Phi) is 3.62. The highest BCUT2D eigenvalue weighted by atomic mass is 32.1. The van der Waals surface area contributed by atoms with Crippen molar-refractivity contribution in [1.82, 2.24) is 4.98 Å². The van der Waals surface area contributed by atoms with E-state index in [0.717, 1.165) is 27.3 Å². The van der Waals surface area contributed by atoms with Gasteiger partial charge in [0.05, 0.1) is 16.6 Å². The van der Waals surface area contributed by atoms with Gasteiger partial charge in [-0.25, -0.2) is 4.98 Å². The summed E-state index contributed by atoms with van der Waals surface area (Å²) in [6.45, 7) is 0. The Morgan fingerprint density at radius 2 is 2.00 bits per heavy atom. The van der Waals surface area contributed by atoms with Gasteiger partial charge in [0.15, 0.2) is 5.13 Å². The number of likely N-dealkylation sites (N-methyl/N-ethyl adjacent to an activating group) is 1. The van der Waals surface area contributed by atoms with E-state index in [0.29, 0.717) is 6.42 Å². The van der Waals surface area contributed by atoms with Gasteiger partial charge in [0.25, 0.3) is 0 Å². The van der Waals surface area contributed by atoms with E-state index in [-0.39, 0.29) is 5.91 Å². The maximum absolute atomic E-state index is 12.6. The van der Waals surface area contributed by atoms with Crippen molar-refractivity contribution in [3.8, 4) is 0 Å². The van der Waals surface area contributed by atoms with Crippen LogP contribution in [0.2, 0.25) is 0 Å². The molecular weight excluding hydrogens is 304 g/mol. The number of aryl methyl sites for hydroxylation is 2. The average Bonchev–Trinajstić information content (AvgIpc) is 3.19. The predicted molar refractivity (Wildman–Crippen MR) is 95.2 cm³/mol. The molecule has 0 saturated carbocycles. The maximum Gasteiger partial charge on any atom is 0.232 e. The molecule has 1 heterocycles. The number of nitrogens with zero attached hydrogens (tertiary/aromatic N) is 2. The van der Waals surface area contributed by atoms with Crippen LogP contribution in [0.25, 0.3) is 10.2 Å². The van der Waals surface area contributed by atoms with Crippen LogP contribution in [0, 0.1) is 0 Å². The molecule has 0 N–H and O–H groups in total. The van der Waals surface area contributed by atoms with E-state index in [1.165, 1.54) is 24.0 Å². The summed E-state index contributed by atoms with van der Waals surface area (Å²) >= 11 is 1.56. The fraction of sp³-hybridized carbons (Fsp3) is 0.263. The van der Waals surface area contributed by atoms with E-state index >= 15 is 0 Å². The number of hydrogen-bond acceptors (Lipinski definition) is 3. The number of anilines is 1. The molecule has 4 heteroatoms. The molecule has 0 unspecified atom stereocenters. The van der Waals surface area contributed by atoms with Crippen LogP contribution in [0.3, 0.4) is 0 Å². The first kappa shape index (κ1) is 14.4. The van der Waals surface area contributed by atoms with Crippen LogP contribution in [0.15, 0.2) is 42.5 Å². The number of carbonyl (C=O) groups is 1. The number of benzene rings is 2. The Bertz CT molecular complexity index is 851. The highest BCUT2D eigenvalue weighted by molar-refractivity contribution is 7.22. The van der Waals surface area contributed by atoms with Gasteiger partial charge in [-0.05, 0) is 48.1 Å². The van der Waals surface area contributed by atoms with Crippen LogP contribution in [0.4, 0.5) is 5.13 Å². The highest BCUT2D eigenvalue weighted by Gasteiger charge is 2.17. The molecule has 23 heavy (non-hydrogen) atoms. The van der Waals surface area contributed by atoms with Crippen molar-refractivity contribution in [2.45, 2.75) is 25.7 Å². The molecule has 116 valence electrons. The lowest BCUT2D eigenvalue weighted by Gasteiger charge is -2.14. The van der Waals surface area contributed by atoms with Crippen LogP contribution in [-0.4, -0.2) is 17.9 Å². The van der Waals surface area contributed by atoms with Crippen LogP contribution < -0.4 is 4.90 Å². The summed E-state index contributed by atoms with van der Waals surface area (Å²) in [5, 5.41) is 0.761. The number of aromatic nitrogens is 1. The molecule has 3 aromatic rings. The summed E-state index contributed by atoms with van der Waals surface area (Å²) in [6.07, 6.45) is 3.98. The third-order valence-electron chi connectivity index (χ3n) is 4.46. The molecule has 1 aliphatic carbocycles. The van der Waals surface area contributed by atoms with E-state index in [1.54, 1.807) is 16.2 Å². The standard InChI is InChI=1S/C19H18N2OS/c1-21(19-20-16-7-2-3-8-17(16)23-19)18(22)12-13-9-10-14-5-4-6-15(14)11-13/h2-3,7-11H,4-6,12H2,1H3. The van der Waals surface area contributed by atoms with Gasteiger partial charge in [0.1, 0.15) is 0 Å². The number of thiazole rings is 1. The monoisotopic (exact) mass is 322 g/mol. The largest absolute Gasteiger partial charge is 0.291 e. The van der Waals surface area contributed by atoms with E-state index in [2.05, 4.69) is 23.2 Å². The molecule has 3 nitrogen and oxygen atoms in total. The first-order chi connectivity index (χ1) is 11.2. The van der Waals surface area contributed by atoms with Gasteiger partial charge in [-0.3, -0.25) is 9.69 Å². The molecule has 0 radical (unpaired) electrons. The predicted octanol–water partition coefficient (Wildman–Crippen LogP) is 3.99. The molecule has 1 amide bonds. The van der Waals surface area contributed by atoms with Crippen LogP contribution in [0.5, 0.6) is 0 Å². The number of para-hydroxylation sites is 1. The number of rotatable bonds is 3. The van der Waals surface area contributed by atoms with Crippen molar-refractivity contribution in [1.29, 1.82) is 0 Å². The van der Waals surface area contributed by atoms with Gasteiger partial charge in [0, 0.05) is 7.05 Å². The van der Waals surface area contributed by atoms with Crippen LogP contribution in [-0.2, 0) is 24.1 Å². The summed E-state index contributed by atoms with van der Waals surface area (Å²) in [5.74, 6) is 0.0852. The smallest absolute Gasteiger partial charge is 0.232 e. The Balaban J connectivity index is 1.54. The van der Waals surface area contributed by atoms with Gasteiger partial charge in [0.2, 0.25) is 5.91 Å². The van der Waals surface area contributed by atoms with Gasteiger partial charge < -0.3 is 0 Å². The molecule has 0 aliphatic heterocycles. The van der Waals surface area contributed by atoms with Crippen LogP contribution in [0.1, 0.15) is 23.1 Å². The molecule has 1 aliphatic rings. The number of amides is 1. The lowest BCUT2D eigenvalue weighted by molar-refractivity contribution is -0.117. The lowest BCUT2D eigenvalue weighted by Crippen LogP contribution is -2.27. The minimum Gasteiger partial charge on any atom is -0.291 e. The van der Waals surface area contributed by atoms with E-state index in [1.807, 2.05) is 31.3 Å². The summed E-state index contributed by atoms with van der Waals surface area (Å²) in [6, 6.07) is 14.5.